The number of benzene rings is 1. The van der Waals surface area contributed by atoms with E-state index < -0.39 is 4.92 Å². The number of aromatic nitrogens is 2. The van der Waals surface area contributed by atoms with Crippen LogP contribution in [0.1, 0.15) is 15.9 Å². The molecule has 0 saturated heterocycles. The third-order valence-electron chi connectivity index (χ3n) is 3.10. The van der Waals surface area contributed by atoms with Gasteiger partial charge in [-0.2, -0.15) is 0 Å². The highest BCUT2D eigenvalue weighted by molar-refractivity contribution is 6.35. The summed E-state index contributed by atoms with van der Waals surface area (Å²) in [7, 11) is 0. The number of carbonyl (C=O) groups excluding carboxylic acids is 1. The quantitative estimate of drug-likeness (QED) is 0.456. The van der Waals surface area contributed by atoms with Crippen molar-refractivity contribution < 1.29 is 9.72 Å². The van der Waals surface area contributed by atoms with Crippen molar-refractivity contribution in [1.29, 1.82) is 0 Å². The van der Waals surface area contributed by atoms with Gasteiger partial charge in [0.05, 0.1) is 9.95 Å². The standard InChI is InChI=1S/C14H8ClN3O3/c15-12-4-3-8(18(20)21)6-10(12)13(19)11-7-17-14-9(11)2-1-5-16-14/h1-7H,(H,16,17). The second kappa shape index (κ2) is 4.99. The zero-order valence-electron chi connectivity index (χ0n) is 10.5. The van der Waals surface area contributed by atoms with Gasteiger partial charge in [-0.05, 0) is 18.2 Å². The SMILES string of the molecule is O=C(c1cc([N+](=O)[O-])ccc1Cl)c1c[nH]c2ncccc12. The van der Waals surface area contributed by atoms with Gasteiger partial charge in [-0.3, -0.25) is 14.9 Å². The summed E-state index contributed by atoms with van der Waals surface area (Å²) in [6.07, 6.45) is 3.13. The Morgan fingerprint density at radius 1 is 1.29 bits per heavy atom. The van der Waals surface area contributed by atoms with Crippen molar-refractivity contribution in [2.75, 3.05) is 0 Å². The van der Waals surface area contributed by atoms with Gasteiger partial charge in [0.2, 0.25) is 0 Å². The molecule has 0 amide bonds. The van der Waals surface area contributed by atoms with Gasteiger partial charge in [0.25, 0.3) is 5.69 Å². The molecule has 21 heavy (non-hydrogen) atoms. The van der Waals surface area contributed by atoms with Gasteiger partial charge in [-0.25, -0.2) is 4.98 Å². The minimum absolute atomic E-state index is 0.0932. The fourth-order valence-corrected chi connectivity index (χ4v) is 2.29. The maximum atomic E-state index is 12.6. The van der Waals surface area contributed by atoms with Crippen LogP contribution >= 0.6 is 11.6 Å². The van der Waals surface area contributed by atoms with Crippen molar-refractivity contribution in [3.8, 4) is 0 Å². The van der Waals surface area contributed by atoms with Crippen LogP contribution in [0.25, 0.3) is 11.0 Å². The molecule has 2 aromatic heterocycles. The predicted molar refractivity (Wildman–Crippen MR) is 77.6 cm³/mol. The van der Waals surface area contributed by atoms with Crippen LogP contribution in [-0.4, -0.2) is 20.7 Å². The number of hydrogen-bond donors (Lipinski definition) is 1. The maximum Gasteiger partial charge on any atom is 0.270 e. The summed E-state index contributed by atoms with van der Waals surface area (Å²) < 4.78 is 0. The molecule has 0 radical (unpaired) electrons. The Morgan fingerprint density at radius 2 is 2.10 bits per heavy atom. The zero-order valence-corrected chi connectivity index (χ0v) is 11.3. The lowest BCUT2D eigenvalue weighted by atomic mass is 10.0. The lowest BCUT2D eigenvalue weighted by Crippen LogP contribution is -2.02. The number of pyridine rings is 1. The number of aromatic amines is 1. The Morgan fingerprint density at radius 3 is 2.86 bits per heavy atom. The number of H-pyrrole nitrogens is 1. The fraction of sp³-hybridized carbons (Fsp3) is 0. The average molecular weight is 302 g/mol. The monoisotopic (exact) mass is 301 g/mol. The number of non-ortho nitro benzene ring substituents is 1. The number of fused-ring (bicyclic) bond motifs is 1. The first kappa shape index (κ1) is 13.3. The summed E-state index contributed by atoms with van der Waals surface area (Å²) in [4.78, 5) is 29.8. The third-order valence-corrected chi connectivity index (χ3v) is 3.43. The van der Waals surface area contributed by atoms with Gasteiger partial charge in [0.1, 0.15) is 5.65 Å². The molecular formula is C14H8ClN3O3. The summed E-state index contributed by atoms with van der Waals surface area (Å²) in [6.45, 7) is 0. The van der Waals surface area contributed by atoms with Crippen molar-refractivity contribution in [2.24, 2.45) is 0 Å². The van der Waals surface area contributed by atoms with Crippen LogP contribution in [0, 0.1) is 10.1 Å². The van der Waals surface area contributed by atoms with Crippen LogP contribution in [0.3, 0.4) is 0 Å². The number of carbonyl (C=O) groups is 1. The molecule has 6 nitrogen and oxygen atoms in total. The molecule has 0 fully saturated rings. The number of halogens is 1. The normalized spacial score (nSPS) is 10.7. The highest BCUT2D eigenvalue weighted by Gasteiger charge is 2.20. The summed E-state index contributed by atoms with van der Waals surface area (Å²) in [5.74, 6) is -0.386. The number of nitro groups is 1. The van der Waals surface area contributed by atoms with Crippen LogP contribution in [0.5, 0.6) is 0 Å². The van der Waals surface area contributed by atoms with Gasteiger partial charge in [-0.1, -0.05) is 11.6 Å². The molecule has 2 heterocycles. The first-order chi connectivity index (χ1) is 10.1. The largest absolute Gasteiger partial charge is 0.345 e. The van der Waals surface area contributed by atoms with Crippen LogP contribution in [0.15, 0.2) is 42.7 Å². The van der Waals surface area contributed by atoms with Gasteiger partial charge in [-0.15, -0.1) is 0 Å². The molecule has 0 atom stereocenters. The number of nitro benzene ring substituents is 1. The van der Waals surface area contributed by atoms with Crippen molar-refractivity contribution in [3.63, 3.8) is 0 Å². The Hall–Kier alpha value is -2.73. The Balaban J connectivity index is 2.14. The van der Waals surface area contributed by atoms with Crippen LogP contribution in [-0.2, 0) is 0 Å². The molecule has 0 aliphatic rings. The Kier molecular flexibility index (Phi) is 3.15. The molecule has 0 unspecified atom stereocenters. The molecule has 3 aromatic rings. The van der Waals surface area contributed by atoms with Crippen molar-refractivity contribution >= 4 is 34.1 Å². The van der Waals surface area contributed by atoms with Crippen LogP contribution in [0.2, 0.25) is 5.02 Å². The van der Waals surface area contributed by atoms with Gasteiger partial charge < -0.3 is 4.98 Å². The van der Waals surface area contributed by atoms with E-state index in [-0.39, 0.29) is 22.1 Å². The number of nitrogens with one attached hydrogen (secondary N) is 1. The predicted octanol–water partition coefficient (Wildman–Crippen LogP) is 3.36. The molecule has 7 heteroatoms. The lowest BCUT2D eigenvalue weighted by Gasteiger charge is -2.02. The molecule has 0 bridgehead atoms. The minimum atomic E-state index is -0.566. The van der Waals surface area contributed by atoms with E-state index in [1.54, 1.807) is 18.3 Å². The van der Waals surface area contributed by atoms with Crippen molar-refractivity contribution in [2.45, 2.75) is 0 Å². The molecule has 0 saturated carbocycles. The smallest absolute Gasteiger partial charge is 0.270 e. The topological polar surface area (TPSA) is 88.9 Å². The highest BCUT2D eigenvalue weighted by atomic mass is 35.5. The average Bonchev–Trinajstić information content (AvgIpc) is 2.90. The van der Waals surface area contributed by atoms with E-state index in [0.29, 0.717) is 16.6 Å². The number of hydrogen-bond acceptors (Lipinski definition) is 4. The maximum absolute atomic E-state index is 12.6. The summed E-state index contributed by atoms with van der Waals surface area (Å²) in [5.41, 5.74) is 0.860. The molecule has 0 aliphatic carbocycles. The summed E-state index contributed by atoms with van der Waals surface area (Å²) in [5, 5.41) is 11.6. The first-order valence-corrected chi connectivity index (χ1v) is 6.36. The number of ketones is 1. The highest BCUT2D eigenvalue weighted by Crippen LogP contribution is 2.27. The van der Waals surface area contributed by atoms with Crippen molar-refractivity contribution in [3.05, 3.63) is 69.0 Å². The third kappa shape index (κ3) is 2.25. The molecular weight excluding hydrogens is 294 g/mol. The van der Waals surface area contributed by atoms with E-state index in [9.17, 15) is 14.9 Å². The molecule has 0 aliphatic heterocycles. The summed E-state index contributed by atoms with van der Waals surface area (Å²) in [6, 6.07) is 7.25. The van der Waals surface area contributed by atoms with E-state index in [1.807, 2.05) is 0 Å². The molecule has 1 aromatic carbocycles. The lowest BCUT2D eigenvalue weighted by molar-refractivity contribution is -0.384. The van der Waals surface area contributed by atoms with E-state index in [1.165, 1.54) is 24.4 Å². The Bertz CT molecular complexity index is 873. The van der Waals surface area contributed by atoms with Gasteiger partial charge in [0, 0.05) is 41.0 Å². The van der Waals surface area contributed by atoms with Crippen molar-refractivity contribution in [1.82, 2.24) is 9.97 Å². The second-order valence-corrected chi connectivity index (χ2v) is 4.76. The number of nitrogens with zero attached hydrogens (tertiary/aromatic N) is 2. The van der Waals surface area contributed by atoms with E-state index in [0.717, 1.165) is 0 Å². The molecule has 1 N–H and O–H groups in total. The van der Waals surface area contributed by atoms with Crippen LogP contribution in [0.4, 0.5) is 5.69 Å². The molecule has 104 valence electrons. The number of rotatable bonds is 3. The minimum Gasteiger partial charge on any atom is -0.345 e. The van der Waals surface area contributed by atoms with Gasteiger partial charge >= 0.3 is 0 Å². The Labute approximate surface area is 123 Å². The zero-order chi connectivity index (χ0) is 15.0. The molecule has 3 rings (SSSR count). The van der Waals surface area contributed by atoms with Gasteiger partial charge in [0.15, 0.2) is 5.78 Å². The van der Waals surface area contributed by atoms with Crippen LogP contribution < -0.4 is 0 Å². The fourth-order valence-electron chi connectivity index (χ4n) is 2.09. The molecule has 0 spiro atoms. The van der Waals surface area contributed by atoms with E-state index in [2.05, 4.69) is 9.97 Å². The van der Waals surface area contributed by atoms with E-state index in [4.69, 9.17) is 11.6 Å². The summed E-state index contributed by atoms with van der Waals surface area (Å²) >= 11 is 5.99. The van der Waals surface area contributed by atoms with E-state index >= 15 is 0 Å². The second-order valence-electron chi connectivity index (χ2n) is 4.35. The first-order valence-electron chi connectivity index (χ1n) is 5.98.